The summed E-state index contributed by atoms with van der Waals surface area (Å²) in [5.41, 5.74) is 2.75. The predicted octanol–water partition coefficient (Wildman–Crippen LogP) is 2.89. The van der Waals surface area contributed by atoms with E-state index in [1.54, 1.807) is 16.7 Å². The maximum atomic E-state index is 12.8. The Kier molecular flexibility index (Phi) is 3.98. The average molecular weight is 257 g/mol. The van der Waals surface area contributed by atoms with Gasteiger partial charge in [-0.3, -0.25) is 0 Å². The van der Waals surface area contributed by atoms with Gasteiger partial charge in [0.1, 0.15) is 17.6 Å². The normalized spacial score (nSPS) is 12.1. The van der Waals surface area contributed by atoms with Gasteiger partial charge in [-0.15, -0.1) is 0 Å². The third-order valence-electron chi connectivity index (χ3n) is 3.16. The molecule has 98 valence electrons. The molecule has 1 aromatic heterocycles. The summed E-state index contributed by atoms with van der Waals surface area (Å²) in [6.45, 7) is 2.70. The van der Waals surface area contributed by atoms with Gasteiger partial charge in [-0.1, -0.05) is 12.1 Å². The highest BCUT2D eigenvalue weighted by Gasteiger charge is 2.07. The molecule has 0 aliphatic rings. The second kappa shape index (κ2) is 5.68. The molecule has 2 rings (SSSR count). The van der Waals surface area contributed by atoms with Crippen LogP contribution >= 0.6 is 0 Å². The second-order valence-electron chi connectivity index (χ2n) is 4.61. The number of benzene rings is 1. The average Bonchev–Trinajstić information content (AvgIpc) is 2.77. The summed E-state index contributed by atoms with van der Waals surface area (Å²) in [6.07, 6.45) is 1.93. The van der Waals surface area contributed by atoms with E-state index < -0.39 is 0 Å². The summed E-state index contributed by atoms with van der Waals surface area (Å²) in [5, 5.41) is 12.2. The zero-order valence-electron chi connectivity index (χ0n) is 11.0. The second-order valence-corrected chi connectivity index (χ2v) is 4.61. The molecule has 0 aliphatic heterocycles. The molecule has 1 N–H and O–H groups in total. The van der Waals surface area contributed by atoms with E-state index in [0.717, 1.165) is 11.1 Å². The van der Waals surface area contributed by atoms with Crippen LogP contribution in [0.4, 0.5) is 4.39 Å². The van der Waals surface area contributed by atoms with Crippen molar-refractivity contribution in [3.05, 3.63) is 59.2 Å². The lowest BCUT2D eigenvalue weighted by atomic mass is 10.1. The fourth-order valence-electron chi connectivity index (χ4n) is 1.98. The van der Waals surface area contributed by atoms with Crippen molar-refractivity contribution in [3.8, 4) is 6.07 Å². The summed E-state index contributed by atoms with van der Waals surface area (Å²) in [4.78, 5) is 0. The topological polar surface area (TPSA) is 40.8 Å². The van der Waals surface area contributed by atoms with Crippen LogP contribution in [0.5, 0.6) is 0 Å². The van der Waals surface area contributed by atoms with Gasteiger partial charge in [-0.2, -0.15) is 5.26 Å². The Balaban J connectivity index is 1.98. The SMILES string of the molecule is C[C@@H](NCc1cc(C#N)n(C)c1)c1ccc(F)cc1. The molecule has 1 aromatic carbocycles. The maximum Gasteiger partial charge on any atom is 0.123 e. The van der Waals surface area contributed by atoms with E-state index in [4.69, 9.17) is 5.26 Å². The van der Waals surface area contributed by atoms with E-state index in [2.05, 4.69) is 11.4 Å². The monoisotopic (exact) mass is 257 g/mol. The molecule has 19 heavy (non-hydrogen) atoms. The molecule has 2 aromatic rings. The minimum absolute atomic E-state index is 0.131. The van der Waals surface area contributed by atoms with Crippen molar-refractivity contribution in [3.63, 3.8) is 0 Å². The van der Waals surface area contributed by atoms with E-state index in [-0.39, 0.29) is 11.9 Å². The lowest BCUT2D eigenvalue weighted by Crippen LogP contribution is -2.17. The molecule has 0 radical (unpaired) electrons. The molecular formula is C15H16FN3. The molecule has 0 saturated heterocycles. The van der Waals surface area contributed by atoms with Gasteiger partial charge in [0.15, 0.2) is 0 Å². The number of nitriles is 1. The first-order chi connectivity index (χ1) is 9.10. The Morgan fingerprint density at radius 2 is 2.05 bits per heavy atom. The van der Waals surface area contributed by atoms with Gasteiger partial charge < -0.3 is 9.88 Å². The van der Waals surface area contributed by atoms with E-state index >= 15 is 0 Å². The van der Waals surface area contributed by atoms with Crippen LogP contribution in [0.15, 0.2) is 36.5 Å². The van der Waals surface area contributed by atoms with Gasteiger partial charge in [0.2, 0.25) is 0 Å². The first-order valence-electron chi connectivity index (χ1n) is 6.14. The molecule has 0 saturated carbocycles. The Hall–Kier alpha value is -2.12. The van der Waals surface area contributed by atoms with Crippen LogP contribution in [0.2, 0.25) is 0 Å². The molecule has 1 heterocycles. The minimum Gasteiger partial charge on any atom is -0.342 e. The van der Waals surface area contributed by atoms with Gasteiger partial charge in [0, 0.05) is 25.8 Å². The summed E-state index contributed by atoms with van der Waals surface area (Å²) < 4.78 is 14.6. The fraction of sp³-hybridized carbons (Fsp3) is 0.267. The van der Waals surface area contributed by atoms with Crippen molar-refractivity contribution in [2.24, 2.45) is 7.05 Å². The van der Waals surface area contributed by atoms with Crippen LogP contribution in [0.3, 0.4) is 0 Å². The molecule has 0 bridgehead atoms. The van der Waals surface area contributed by atoms with Crippen molar-refractivity contribution in [1.29, 1.82) is 5.26 Å². The van der Waals surface area contributed by atoms with Gasteiger partial charge in [0.05, 0.1) is 0 Å². The molecule has 1 atom stereocenters. The highest BCUT2D eigenvalue weighted by atomic mass is 19.1. The lowest BCUT2D eigenvalue weighted by Gasteiger charge is -2.13. The number of rotatable bonds is 4. The summed E-state index contributed by atoms with van der Waals surface area (Å²) >= 11 is 0. The smallest absolute Gasteiger partial charge is 0.123 e. The summed E-state index contributed by atoms with van der Waals surface area (Å²) in [5.74, 6) is -0.224. The van der Waals surface area contributed by atoms with Crippen molar-refractivity contribution >= 4 is 0 Å². The third kappa shape index (κ3) is 3.21. The van der Waals surface area contributed by atoms with E-state index in [1.807, 2.05) is 26.2 Å². The van der Waals surface area contributed by atoms with E-state index in [9.17, 15) is 4.39 Å². The van der Waals surface area contributed by atoms with E-state index in [0.29, 0.717) is 12.2 Å². The fourth-order valence-corrected chi connectivity index (χ4v) is 1.98. The number of aromatic nitrogens is 1. The first-order valence-corrected chi connectivity index (χ1v) is 6.14. The number of nitrogens with zero attached hydrogens (tertiary/aromatic N) is 2. The van der Waals surface area contributed by atoms with Crippen LogP contribution in [-0.2, 0) is 13.6 Å². The van der Waals surface area contributed by atoms with E-state index in [1.165, 1.54) is 12.1 Å². The van der Waals surface area contributed by atoms with Crippen LogP contribution in [0.1, 0.15) is 29.8 Å². The van der Waals surface area contributed by atoms with Gasteiger partial charge in [-0.05, 0) is 36.2 Å². The Morgan fingerprint density at radius 3 is 2.63 bits per heavy atom. The lowest BCUT2D eigenvalue weighted by molar-refractivity contribution is 0.571. The molecule has 0 spiro atoms. The molecule has 0 aliphatic carbocycles. The minimum atomic E-state index is -0.224. The van der Waals surface area contributed by atoms with Crippen LogP contribution in [0.25, 0.3) is 0 Å². The third-order valence-corrected chi connectivity index (χ3v) is 3.16. The number of nitrogens with one attached hydrogen (secondary N) is 1. The number of halogens is 1. The van der Waals surface area contributed by atoms with Crippen LogP contribution in [-0.4, -0.2) is 4.57 Å². The Bertz CT molecular complexity index is 593. The molecule has 0 amide bonds. The van der Waals surface area contributed by atoms with Gasteiger partial charge in [-0.25, -0.2) is 4.39 Å². The van der Waals surface area contributed by atoms with Crippen molar-refractivity contribution in [2.45, 2.75) is 19.5 Å². The van der Waals surface area contributed by atoms with Crippen LogP contribution < -0.4 is 5.32 Å². The first kappa shape index (κ1) is 13.3. The number of hydrogen-bond acceptors (Lipinski definition) is 2. The molecule has 3 nitrogen and oxygen atoms in total. The Morgan fingerprint density at radius 1 is 1.37 bits per heavy atom. The molecular weight excluding hydrogens is 241 g/mol. The van der Waals surface area contributed by atoms with Gasteiger partial charge >= 0.3 is 0 Å². The highest BCUT2D eigenvalue weighted by molar-refractivity contribution is 5.28. The largest absolute Gasteiger partial charge is 0.342 e. The summed E-state index contributed by atoms with van der Waals surface area (Å²) in [6, 6.07) is 10.6. The summed E-state index contributed by atoms with van der Waals surface area (Å²) in [7, 11) is 1.85. The Labute approximate surface area is 112 Å². The standard InChI is InChI=1S/C15H16FN3/c1-11(13-3-5-14(16)6-4-13)18-9-12-7-15(8-17)19(2)10-12/h3-7,10-11,18H,9H2,1-2H3/t11-/m1/s1. The number of aryl methyl sites for hydroxylation is 1. The predicted molar refractivity (Wildman–Crippen MR) is 71.8 cm³/mol. The van der Waals surface area contributed by atoms with Crippen LogP contribution in [0, 0.1) is 17.1 Å². The molecule has 0 unspecified atom stereocenters. The number of hydrogen-bond donors (Lipinski definition) is 1. The quantitative estimate of drug-likeness (QED) is 0.915. The zero-order valence-corrected chi connectivity index (χ0v) is 11.0. The van der Waals surface area contributed by atoms with Crippen molar-refractivity contribution in [1.82, 2.24) is 9.88 Å². The highest BCUT2D eigenvalue weighted by Crippen LogP contribution is 2.14. The molecule has 0 fully saturated rings. The maximum absolute atomic E-state index is 12.8. The zero-order chi connectivity index (χ0) is 13.8. The van der Waals surface area contributed by atoms with Crippen molar-refractivity contribution < 1.29 is 4.39 Å². The molecule has 4 heteroatoms. The van der Waals surface area contributed by atoms with Gasteiger partial charge in [0.25, 0.3) is 0 Å². The van der Waals surface area contributed by atoms with Crippen molar-refractivity contribution in [2.75, 3.05) is 0 Å².